The number of carbonyl (C=O) groups is 2. The number of rotatable bonds is 10. The highest BCUT2D eigenvalue weighted by Crippen LogP contribution is 2.32. The monoisotopic (exact) mass is 580 g/mol. The molecule has 1 aliphatic rings. The van der Waals surface area contributed by atoms with Gasteiger partial charge in [-0.15, -0.1) is 0 Å². The van der Waals surface area contributed by atoms with Crippen LogP contribution in [0.15, 0.2) is 71.6 Å². The van der Waals surface area contributed by atoms with Gasteiger partial charge in [-0.1, -0.05) is 6.07 Å². The lowest BCUT2D eigenvalue weighted by atomic mass is 10.1. The van der Waals surface area contributed by atoms with Gasteiger partial charge in [-0.3, -0.25) is 13.9 Å². The number of likely N-dealkylation sites (N-methyl/N-ethyl adjacent to an activating group) is 1. The first-order valence-electron chi connectivity index (χ1n) is 13.4. The highest BCUT2D eigenvalue weighted by molar-refractivity contribution is 7.93. The fourth-order valence-corrected chi connectivity index (χ4v) is 6.18. The highest BCUT2D eigenvalue weighted by Gasteiger charge is 2.30. The van der Waals surface area contributed by atoms with Gasteiger partial charge in [0.1, 0.15) is 22.9 Å². The zero-order valence-corrected chi connectivity index (χ0v) is 24.6. The van der Waals surface area contributed by atoms with Crippen molar-refractivity contribution in [2.45, 2.75) is 18.7 Å². The summed E-state index contributed by atoms with van der Waals surface area (Å²) in [7, 11) is -0.788. The molecule has 2 amide bonds. The first-order valence-corrected chi connectivity index (χ1v) is 14.8. The third-order valence-electron chi connectivity index (χ3n) is 6.82. The second kappa shape index (κ2) is 13.0. The quantitative estimate of drug-likeness (QED) is 0.390. The number of methoxy groups -OCH3 is 1. The zero-order chi connectivity index (χ0) is 29.6. The Morgan fingerprint density at radius 2 is 1.61 bits per heavy atom. The van der Waals surface area contributed by atoms with Crippen LogP contribution in [-0.2, 0) is 14.8 Å². The average Bonchev–Trinajstić information content (AvgIpc) is 2.97. The van der Waals surface area contributed by atoms with E-state index in [1.165, 1.54) is 13.2 Å². The lowest BCUT2D eigenvalue weighted by Crippen LogP contribution is -2.47. The Morgan fingerprint density at radius 1 is 0.951 bits per heavy atom. The van der Waals surface area contributed by atoms with Crippen LogP contribution in [0, 0.1) is 6.92 Å². The van der Waals surface area contributed by atoms with E-state index in [0.717, 1.165) is 23.0 Å². The first-order chi connectivity index (χ1) is 19.6. The summed E-state index contributed by atoms with van der Waals surface area (Å²) >= 11 is 0. The molecule has 10 nitrogen and oxygen atoms in total. The second-order valence-corrected chi connectivity index (χ2v) is 11.6. The lowest BCUT2D eigenvalue weighted by molar-refractivity contribution is -0.114. The largest absolute Gasteiger partial charge is 0.495 e. The predicted octanol–water partition coefficient (Wildman–Crippen LogP) is 3.62. The molecule has 11 heteroatoms. The summed E-state index contributed by atoms with van der Waals surface area (Å²) in [5, 5.41) is 2.76. The summed E-state index contributed by atoms with van der Waals surface area (Å²) in [4.78, 5) is 30.0. The van der Waals surface area contributed by atoms with Gasteiger partial charge < -0.3 is 24.6 Å². The minimum Gasteiger partial charge on any atom is -0.495 e. The molecule has 3 aromatic carbocycles. The highest BCUT2D eigenvalue weighted by atomic mass is 32.2. The van der Waals surface area contributed by atoms with Crippen molar-refractivity contribution < 1.29 is 27.5 Å². The van der Waals surface area contributed by atoms with Crippen LogP contribution in [0.1, 0.15) is 22.8 Å². The number of sulfonamides is 1. The van der Waals surface area contributed by atoms with Crippen molar-refractivity contribution in [2.24, 2.45) is 0 Å². The molecule has 218 valence electrons. The van der Waals surface area contributed by atoms with Gasteiger partial charge in [0.05, 0.1) is 19.4 Å². The van der Waals surface area contributed by atoms with Crippen LogP contribution in [-0.4, -0.2) is 83.5 Å². The van der Waals surface area contributed by atoms with E-state index in [4.69, 9.17) is 9.47 Å². The van der Waals surface area contributed by atoms with Gasteiger partial charge >= 0.3 is 0 Å². The molecule has 0 radical (unpaired) electrons. The molecule has 3 aromatic rings. The average molecular weight is 581 g/mol. The molecule has 4 rings (SSSR count). The Hall–Kier alpha value is -4.09. The van der Waals surface area contributed by atoms with Crippen molar-refractivity contribution >= 4 is 33.2 Å². The molecular weight excluding hydrogens is 544 g/mol. The van der Waals surface area contributed by atoms with E-state index in [1.807, 2.05) is 18.9 Å². The molecule has 41 heavy (non-hydrogen) atoms. The fraction of sp³-hybridized carbons (Fsp3) is 0.333. The number of benzene rings is 3. The molecule has 0 atom stereocenters. The summed E-state index contributed by atoms with van der Waals surface area (Å²) in [6.45, 7) is 6.58. The normalized spacial score (nSPS) is 13.9. The van der Waals surface area contributed by atoms with Crippen molar-refractivity contribution in [3.05, 3.63) is 77.9 Å². The van der Waals surface area contributed by atoms with Gasteiger partial charge in [-0.05, 0) is 87.1 Å². The number of nitrogens with zero attached hydrogens (tertiary/aromatic N) is 3. The molecule has 0 aromatic heterocycles. The maximum Gasteiger partial charge on any atom is 0.268 e. The number of aryl methyl sites for hydroxylation is 1. The van der Waals surface area contributed by atoms with Gasteiger partial charge in [0, 0.05) is 37.4 Å². The number of nitrogens with one attached hydrogen (secondary N) is 1. The number of piperazine rings is 1. The smallest absolute Gasteiger partial charge is 0.268 e. The van der Waals surface area contributed by atoms with Crippen LogP contribution < -0.4 is 19.1 Å². The molecule has 1 fully saturated rings. The molecule has 1 N–H and O–H groups in total. The van der Waals surface area contributed by atoms with Crippen molar-refractivity contribution in [1.82, 2.24) is 9.80 Å². The molecule has 1 saturated heterocycles. The van der Waals surface area contributed by atoms with Crippen molar-refractivity contribution in [2.75, 3.05) is 63.1 Å². The SMILES string of the molecule is CCOc1ccc(N(CC(=O)Nc2ccc(C(=O)N3CCN(C)CC3)cc2)S(=O)(=O)c2cc(C)ccc2OC)cc1. The molecule has 1 heterocycles. The molecule has 0 aliphatic carbocycles. The van der Waals surface area contributed by atoms with Crippen molar-refractivity contribution in [3.63, 3.8) is 0 Å². The first kappa shape index (κ1) is 29.9. The summed E-state index contributed by atoms with van der Waals surface area (Å²) in [5.74, 6) is 0.146. The zero-order valence-electron chi connectivity index (χ0n) is 23.8. The van der Waals surface area contributed by atoms with E-state index in [0.29, 0.717) is 42.4 Å². The van der Waals surface area contributed by atoms with Crippen molar-refractivity contribution in [3.8, 4) is 11.5 Å². The Balaban J connectivity index is 1.56. The fourth-order valence-electron chi connectivity index (χ4n) is 4.51. The summed E-state index contributed by atoms with van der Waals surface area (Å²) in [6, 6.07) is 18.0. The molecule has 0 bridgehead atoms. The van der Waals surface area contributed by atoms with E-state index in [-0.39, 0.29) is 16.6 Å². The van der Waals surface area contributed by atoms with Gasteiger partial charge in [0.2, 0.25) is 5.91 Å². The lowest BCUT2D eigenvalue weighted by Gasteiger charge is -2.32. The number of hydrogen-bond acceptors (Lipinski definition) is 7. The predicted molar refractivity (Wildman–Crippen MR) is 158 cm³/mol. The Morgan fingerprint density at radius 3 is 2.22 bits per heavy atom. The van der Waals surface area contributed by atoms with E-state index in [1.54, 1.807) is 67.6 Å². The second-order valence-electron chi connectivity index (χ2n) is 9.81. The maximum absolute atomic E-state index is 13.9. The van der Waals surface area contributed by atoms with Crippen molar-refractivity contribution in [1.29, 1.82) is 0 Å². The number of hydrogen-bond donors (Lipinski definition) is 1. The van der Waals surface area contributed by atoms with Crippen LogP contribution in [0.2, 0.25) is 0 Å². The standard InChI is InChI=1S/C30H36N4O6S/c1-5-40-26-13-11-25(12-14-26)34(41(37,38)28-20-22(2)6-15-27(28)39-4)21-29(35)31-24-9-7-23(8-10-24)30(36)33-18-16-32(3)17-19-33/h6-15,20H,5,16-19,21H2,1-4H3,(H,31,35). The van der Waals surface area contributed by atoms with Crippen LogP contribution in [0.3, 0.4) is 0 Å². The van der Waals surface area contributed by atoms with Crippen LogP contribution in [0.4, 0.5) is 11.4 Å². The summed E-state index contributed by atoms with van der Waals surface area (Å²) in [5.41, 5.74) is 1.99. The topological polar surface area (TPSA) is 108 Å². The van der Waals surface area contributed by atoms with E-state index >= 15 is 0 Å². The number of ether oxygens (including phenoxy) is 2. The number of anilines is 2. The van der Waals surface area contributed by atoms with Crippen LogP contribution in [0.25, 0.3) is 0 Å². The molecule has 0 unspecified atom stereocenters. The minimum atomic E-state index is -4.21. The number of carbonyl (C=O) groups excluding carboxylic acids is 2. The molecule has 0 saturated carbocycles. The Labute approximate surface area is 241 Å². The Kier molecular flexibility index (Phi) is 9.51. The third kappa shape index (κ3) is 7.17. The van der Waals surface area contributed by atoms with Gasteiger partial charge in [-0.25, -0.2) is 8.42 Å². The number of amides is 2. The summed E-state index contributed by atoms with van der Waals surface area (Å²) in [6.07, 6.45) is 0. The van der Waals surface area contributed by atoms with E-state index in [9.17, 15) is 18.0 Å². The van der Waals surface area contributed by atoms with E-state index in [2.05, 4.69) is 10.2 Å². The van der Waals surface area contributed by atoms with Gasteiger partial charge in [0.15, 0.2) is 0 Å². The van der Waals surface area contributed by atoms with Crippen LogP contribution in [0.5, 0.6) is 11.5 Å². The summed E-state index contributed by atoms with van der Waals surface area (Å²) < 4.78 is 39.8. The van der Waals surface area contributed by atoms with Gasteiger partial charge in [0.25, 0.3) is 15.9 Å². The van der Waals surface area contributed by atoms with E-state index < -0.39 is 22.5 Å². The third-order valence-corrected chi connectivity index (χ3v) is 8.61. The Bertz CT molecular complexity index is 1470. The molecule has 1 aliphatic heterocycles. The minimum absolute atomic E-state index is 0.0477. The molecular formula is C30H36N4O6S. The molecule has 0 spiro atoms. The maximum atomic E-state index is 13.9. The van der Waals surface area contributed by atoms with Gasteiger partial charge in [-0.2, -0.15) is 0 Å². The van der Waals surface area contributed by atoms with Crippen LogP contribution >= 0.6 is 0 Å².